The molecule has 1 amide bonds. The first-order valence-electron chi connectivity index (χ1n) is 5.53. The van der Waals surface area contributed by atoms with Crippen LogP contribution >= 0.6 is 0 Å². The quantitative estimate of drug-likeness (QED) is 0.648. The van der Waals surface area contributed by atoms with Crippen LogP contribution in [0.5, 0.6) is 5.75 Å². The molecule has 1 unspecified atom stereocenters. The molecule has 0 saturated carbocycles. The van der Waals surface area contributed by atoms with Crippen LogP contribution < -0.4 is 10.6 Å². The van der Waals surface area contributed by atoms with Gasteiger partial charge in [-0.3, -0.25) is 4.79 Å². The smallest absolute Gasteiger partial charge is 0.237 e. The largest absolute Gasteiger partial charge is 0.508 e. The summed E-state index contributed by atoms with van der Waals surface area (Å²) in [6.07, 6.45) is 1.64. The van der Waals surface area contributed by atoms with Crippen LogP contribution in [-0.4, -0.2) is 23.6 Å². The standard InChI is InChI=1S/C13H18N2O2/c1-3-8-14-13(17)10(2)15-9-11-4-6-12(16)7-5-11/h3-7,10,15-16H,1,8-9H2,2H3,(H,14,17). The van der Waals surface area contributed by atoms with Crippen LogP contribution in [0, 0.1) is 0 Å². The van der Waals surface area contributed by atoms with Gasteiger partial charge in [-0.05, 0) is 24.6 Å². The average molecular weight is 234 g/mol. The summed E-state index contributed by atoms with van der Waals surface area (Å²) in [6.45, 7) is 6.40. The molecule has 0 aliphatic rings. The average Bonchev–Trinajstić information content (AvgIpc) is 2.34. The molecule has 4 nitrogen and oxygen atoms in total. The van der Waals surface area contributed by atoms with E-state index in [2.05, 4.69) is 17.2 Å². The van der Waals surface area contributed by atoms with Gasteiger partial charge >= 0.3 is 0 Å². The second-order valence-electron chi connectivity index (χ2n) is 3.80. The minimum Gasteiger partial charge on any atom is -0.508 e. The highest BCUT2D eigenvalue weighted by atomic mass is 16.3. The molecule has 92 valence electrons. The van der Waals surface area contributed by atoms with Crippen LogP contribution in [0.4, 0.5) is 0 Å². The van der Waals surface area contributed by atoms with Gasteiger partial charge < -0.3 is 15.7 Å². The van der Waals surface area contributed by atoms with Crippen molar-refractivity contribution in [3.8, 4) is 5.75 Å². The van der Waals surface area contributed by atoms with E-state index in [1.165, 1.54) is 0 Å². The molecule has 0 heterocycles. The second-order valence-corrected chi connectivity index (χ2v) is 3.80. The zero-order valence-corrected chi connectivity index (χ0v) is 9.94. The van der Waals surface area contributed by atoms with Crippen molar-refractivity contribution in [2.45, 2.75) is 19.5 Å². The fraction of sp³-hybridized carbons (Fsp3) is 0.308. The Bertz CT molecular complexity index is 374. The lowest BCUT2D eigenvalue weighted by atomic mass is 10.2. The molecule has 0 radical (unpaired) electrons. The maximum absolute atomic E-state index is 11.5. The molecule has 0 aromatic heterocycles. The van der Waals surface area contributed by atoms with E-state index >= 15 is 0 Å². The minimum atomic E-state index is -0.260. The monoisotopic (exact) mass is 234 g/mol. The molecule has 0 fully saturated rings. The Kier molecular flexibility index (Phi) is 5.23. The van der Waals surface area contributed by atoms with Crippen molar-refractivity contribution in [2.75, 3.05) is 6.54 Å². The predicted molar refractivity (Wildman–Crippen MR) is 67.6 cm³/mol. The molecule has 4 heteroatoms. The molecule has 0 aliphatic carbocycles. The number of hydrogen-bond donors (Lipinski definition) is 3. The number of carbonyl (C=O) groups excluding carboxylic acids is 1. The van der Waals surface area contributed by atoms with E-state index in [1.807, 2.05) is 12.1 Å². The zero-order valence-electron chi connectivity index (χ0n) is 9.94. The SMILES string of the molecule is C=CCNC(=O)C(C)NCc1ccc(O)cc1. The van der Waals surface area contributed by atoms with Crippen molar-refractivity contribution in [2.24, 2.45) is 0 Å². The Morgan fingerprint density at radius 3 is 2.71 bits per heavy atom. The number of phenols is 1. The third kappa shape index (κ3) is 4.70. The molecule has 0 bridgehead atoms. The van der Waals surface area contributed by atoms with E-state index in [4.69, 9.17) is 5.11 Å². The Morgan fingerprint density at radius 2 is 2.12 bits per heavy atom. The van der Waals surface area contributed by atoms with Crippen molar-refractivity contribution < 1.29 is 9.90 Å². The van der Waals surface area contributed by atoms with Crippen LogP contribution in [0.3, 0.4) is 0 Å². The molecule has 0 saturated heterocycles. The Morgan fingerprint density at radius 1 is 1.47 bits per heavy atom. The fourth-order valence-electron chi connectivity index (χ4n) is 1.30. The summed E-state index contributed by atoms with van der Waals surface area (Å²) in [4.78, 5) is 11.5. The third-order valence-corrected chi connectivity index (χ3v) is 2.36. The normalized spacial score (nSPS) is 11.8. The maximum Gasteiger partial charge on any atom is 0.237 e. The lowest BCUT2D eigenvalue weighted by molar-refractivity contribution is -0.122. The number of carbonyl (C=O) groups is 1. The number of benzene rings is 1. The summed E-state index contributed by atoms with van der Waals surface area (Å²) in [5, 5.41) is 14.9. The summed E-state index contributed by atoms with van der Waals surface area (Å²) in [6, 6.07) is 6.62. The summed E-state index contributed by atoms with van der Waals surface area (Å²) in [7, 11) is 0. The summed E-state index contributed by atoms with van der Waals surface area (Å²) in [5.74, 6) is 0.189. The molecule has 1 aromatic carbocycles. The van der Waals surface area contributed by atoms with Gasteiger partial charge in [-0.15, -0.1) is 6.58 Å². The first-order chi connectivity index (χ1) is 8.13. The third-order valence-electron chi connectivity index (χ3n) is 2.36. The fourth-order valence-corrected chi connectivity index (χ4v) is 1.30. The number of rotatable bonds is 6. The molecule has 17 heavy (non-hydrogen) atoms. The van der Waals surface area contributed by atoms with E-state index in [-0.39, 0.29) is 17.7 Å². The number of nitrogens with one attached hydrogen (secondary N) is 2. The van der Waals surface area contributed by atoms with Gasteiger partial charge in [0.1, 0.15) is 5.75 Å². The maximum atomic E-state index is 11.5. The molecule has 0 aliphatic heterocycles. The van der Waals surface area contributed by atoms with Crippen molar-refractivity contribution in [1.29, 1.82) is 0 Å². The van der Waals surface area contributed by atoms with Crippen LogP contribution in [0.2, 0.25) is 0 Å². The van der Waals surface area contributed by atoms with Crippen molar-refractivity contribution in [3.05, 3.63) is 42.5 Å². The minimum absolute atomic E-state index is 0.0521. The van der Waals surface area contributed by atoms with Gasteiger partial charge in [0.15, 0.2) is 0 Å². The number of phenolic OH excluding ortho intramolecular Hbond substituents is 1. The van der Waals surface area contributed by atoms with E-state index in [0.717, 1.165) is 5.56 Å². The van der Waals surface area contributed by atoms with Crippen molar-refractivity contribution >= 4 is 5.91 Å². The van der Waals surface area contributed by atoms with Crippen LogP contribution in [-0.2, 0) is 11.3 Å². The highest BCUT2D eigenvalue weighted by molar-refractivity contribution is 5.81. The van der Waals surface area contributed by atoms with E-state index in [1.54, 1.807) is 25.1 Å². The first-order valence-corrected chi connectivity index (χ1v) is 5.53. The topological polar surface area (TPSA) is 61.4 Å². The van der Waals surface area contributed by atoms with Crippen LogP contribution in [0.1, 0.15) is 12.5 Å². The first kappa shape index (κ1) is 13.3. The van der Waals surface area contributed by atoms with Gasteiger partial charge in [0.25, 0.3) is 0 Å². The molecule has 1 atom stereocenters. The van der Waals surface area contributed by atoms with Gasteiger partial charge in [0, 0.05) is 13.1 Å². The van der Waals surface area contributed by atoms with Gasteiger partial charge in [0.05, 0.1) is 6.04 Å². The summed E-state index contributed by atoms with van der Waals surface area (Å²) < 4.78 is 0. The lowest BCUT2D eigenvalue weighted by Crippen LogP contribution is -2.41. The van der Waals surface area contributed by atoms with Crippen LogP contribution in [0.25, 0.3) is 0 Å². The highest BCUT2D eigenvalue weighted by Crippen LogP contribution is 2.09. The van der Waals surface area contributed by atoms with E-state index in [9.17, 15) is 4.79 Å². The number of aromatic hydroxyl groups is 1. The molecular formula is C13H18N2O2. The molecule has 3 N–H and O–H groups in total. The van der Waals surface area contributed by atoms with Gasteiger partial charge in [0.2, 0.25) is 5.91 Å². The second kappa shape index (κ2) is 6.70. The molecule has 1 rings (SSSR count). The number of hydrogen-bond acceptors (Lipinski definition) is 3. The van der Waals surface area contributed by atoms with Crippen molar-refractivity contribution in [1.82, 2.24) is 10.6 Å². The predicted octanol–water partition coefficient (Wildman–Crippen LogP) is 1.17. The Hall–Kier alpha value is -1.81. The highest BCUT2D eigenvalue weighted by Gasteiger charge is 2.10. The zero-order chi connectivity index (χ0) is 12.7. The molecule has 0 spiro atoms. The lowest BCUT2D eigenvalue weighted by Gasteiger charge is -2.13. The van der Waals surface area contributed by atoms with E-state index in [0.29, 0.717) is 13.1 Å². The van der Waals surface area contributed by atoms with E-state index < -0.39 is 0 Å². The van der Waals surface area contributed by atoms with Gasteiger partial charge in [-0.1, -0.05) is 18.2 Å². The van der Waals surface area contributed by atoms with Gasteiger partial charge in [-0.2, -0.15) is 0 Å². The molecule has 1 aromatic rings. The summed E-state index contributed by atoms with van der Waals surface area (Å²) >= 11 is 0. The summed E-state index contributed by atoms with van der Waals surface area (Å²) in [5.41, 5.74) is 1.02. The van der Waals surface area contributed by atoms with Crippen molar-refractivity contribution in [3.63, 3.8) is 0 Å². The molecular weight excluding hydrogens is 216 g/mol. The number of amides is 1. The Balaban J connectivity index is 2.37. The van der Waals surface area contributed by atoms with Crippen LogP contribution in [0.15, 0.2) is 36.9 Å². The Labute approximate surface area is 101 Å². The van der Waals surface area contributed by atoms with Gasteiger partial charge in [-0.25, -0.2) is 0 Å².